The van der Waals surface area contributed by atoms with Gasteiger partial charge in [0.05, 0.1) is 12.0 Å². The number of hydrogen-bond acceptors (Lipinski definition) is 2. The molecule has 1 aromatic rings. The largest absolute Gasteiger partial charge is 0.481 e. The van der Waals surface area contributed by atoms with Gasteiger partial charge in [0.25, 0.3) is 0 Å². The van der Waals surface area contributed by atoms with E-state index in [9.17, 15) is 15.0 Å². The zero-order valence-electron chi connectivity index (χ0n) is 9.75. The summed E-state index contributed by atoms with van der Waals surface area (Å²) in [6.45, 7) is 0. The summed E-state index contributed by atoms with van der Waals surface area (Å²) in [5, 5.41) is 19.5. The second kappa shape index (κ2) is 5.32. The smallest absolute Gasteiger partial charge is 0.306 e. The van der Waals surface area contributed by atoms with Gasteiger partial charge in [-0.2, -0.15) is 0 Å². The fourth-order valence-electron chi connectivity index (χ4n) is 2.74. The van der Waals surface area contributed by atoms with Crippen LogP contribution in [0.5, 0.6) is 0 Å². The second-order valence-electron chi connectivity index (χ2n) is 4.75. The lowest BCUT2D eigenvalue weighted by atomic mass is 9.74. The normalized spacial score (nSPS) is 26.4. The molecule has 2 N–H and O–H groups in total. The molecular weight excluding hydrogens is 216 g/mol. The third kappa shape index (κ3) is 2.67. The summed E-state index contributed by atoms with van der Waals surface area (Å²) >= 11 is 0. The molecule has 1 aliphatic carbocycles. The van der Waals surface area contributed by atoms with Gasteiger partial charge < -0.3 is 10.2 Å². The molecule has 1 fully saturated rings. The molecule has 3 heteroatoms. The van der Waals surface area contributed by atoms with E-state index < -0.39 is 18.0 Å². The summed E-state index contributed by atoms with van der Waals surface area (Å²) in [4.78, 5) is 11.2. The van der Waals surface area contributed by atoms with Crippen LogP contribution in [0.4, 0.5) is 0 Å². The molecule has 17 heavy (non-hydrogen) atoms. The molecule has 1 aromatic carbocycles. The maximum absolute atomic E-state index is 11.2. The molecule has 3 atom stereocenters. The van der Waals surface area contributed by atoms with Gasteiger partial charge in [-0.15, -0.1) is 0 Å². The van der Waals surface area contributed by atoms with Crippen LogP contribution in [0.3, 0.4) is 0 Å². The van der Waals surface area contributed by atoms with Crippen molar-refractivity contribution < 1.29 is 15.0 Å². The van der Waals surface area contributed by atoms with Crippen LogP contribution in [0.25, 0.3) is 0 Å². The van der Waals surface area contributed by atoms with Crippen LogP contribution in [-0.4, -0.2) is 16.2 Å². The molecule has 0 bridgehead atoms. The fraction of sp³-hybridized carbons (Fsp3) is 0.500. The van der Waals surface area contributed by atoms with Gasteiger partial charge in [0, 0.05) is 5.92 Å². The molecule has 1 aliphatic rings. The summed E-state index contributed by atoms with van der Waals surface area (Å²) in [5.41, 5.74) is 0.825. The Balaban J connectivity index is 2.16. The first-order valence-corrected chi connectivity index (χ1v) is 6.16. The number of carboxylic acids is 1. The van der Waals surface area contributed by atoms with Gasteiger partial charge in [-0.1, -0.05) is 43.2 Å². The standard InChI is InChI=1S/C14H18O3/c15-13(10-6-2-1-3-7-10)11-8-4-5-9-12(11)14(16)17/h1-3,6-7,11-13,15H,4-5,8-9H2,(H,16,17)/t11-,12-,13-/m0/s1. The molecular formula is C14H18O3. The second-order valence-corrected chi connectivity index (χ2v) is 4.75. The fourth-order valence-corrected chi connectivity index (χ4v) is 2.74. The Bertz CT molecular complexity index is 374. The van der Waals surface area contributed by atoms with Crippen LogP contribution >= 0.6 is 0 Å². The number of carboxylic acid groups (broad SMARTS) is 1. The van der Waals surface area contributed by atoms with Gasteiger partial charge >= 0.3 is 5.97 Å². The van der Waals surface area contributed by atoms with Crippen molar-refractivity contribution in [3.05, 3.63) is 35.9 Å². The number of rotatable bonds is 3. The van der Waals surface area contributed by atoms with Crippen LogP contribution < -0.4 is 0 Å². The number of aliphatic hydroxyl groups excluding tert-OH is 1. The van der Waals surface area contributed by atoms with Crippen LogP contribution in [0, 0.1) is 11.8 Å². The molecule has 0 aromatic heterocycles. The first-order chi connectivity index (χ1) is 8.20. The van der Waals surface area contributed by atoms with Crippen molar-refractivity contribution in [2.45, 2.75) is 31.8 Å². The van der Waals surface area contributed by atoms with Crippen molar-refractivity contribution in [3.63, 3.8) is 0 Å². The Morgan fingerprint density at radius 3 is 2.47 bits per heavy atom. The Labute approximate surface area is 101 Å². The average molecular weight is 234 g/mol. The lowest BCUT2D eigenvalue weighted by Crippen LogP contribution is -2.31. The monoisotopic (exact) mass is 234 g/mol. The summed E-state index contributed by atoms with van der Waals surface area (Å²) < 4.78 is 0. The maximum Gasteiger partial charge on any atom is 0.306 e. The van der Waals surface area contributed by atoms with Gasteiger partial charge in [-0.05, 0) is 18.4 Å². The first kappa shape index (κ1) is 12.1. The summed E-state index contributed by atoms with van der Waals surface area (Å²) in [6.07, 6.45) is 2.79. The van der Waals surface area contributed by atoms with Crippen molar-refractivity contribution in [2.75, 3.05) is 0 Å². The van der Waals surface area contributed by atoms with E-state index in [1.165, 1.54) is 0 Å². The lowest BCUT2D eigenvalue weighted by molar-refractivity contribution is -0.147. The Morgan fingerprint density at radius 2 is 1.82 bits per heavy atom. The van der Waals surface area contributed by atoms with Crippen LogP contribution in [-0.2, 0) is 4.79 Å². The molecule has 0 amide bonds. The first-order valence-electron chi connectivity index (χ1n) is 6.16. The predicted molar refractivity (Wildman–Crippen MR) is 64.5 cm³/mol. The highest BCUT2D eigenvalue weighted by atomic mass is 16.4. The molecule has 0 unspecified atom stereocenters. The molecule has 0 aliphatic heterocycles. The van der Waals surface area contributed by atoms with E-state index >= 15 is 0 Å². The van der Waals surface area contributed by atoms with E-state index in [1.54, 1.807) is 0 Å². The maximum atomic E-state index is 11.2. The van der Waals surface area contributed by atoms with Gasteiger partial charge in [-0.25, -0.2) is 0 Å². The molecule has 1 saturated carbocycles. The highest BCUT2D eigenvalue weighted by Crippen LogP contribution is 2.38. The van der Waals surface area contributed by atoms with E-state index in [2.05, 4.69) is 0 Å². The highest BCUT2D eigenvalue weighted by molar-refractivity contribution is 5.70. The Morgan fingerprint density at radius 1 is 1.18 bits per heavy atom. The molecule has 0 saturated heterocycles. The zero-order chi connectivity index (χ0) is 12.3. The molecule has 0 spiro atoms. The summed E-state index contributed by atoms with van der Waals surface area (Å²) in [7, 11) is 0. The van der Waals surface area contributed by atoms with Crippen molar-refractivity contribution in [2.24, 2.45) is 11.8 Å². The molecule has 2 rings (SSSR count). The van der Waals surface area contributed by atoms with E-state index in [4.69, 9.17) is 0 Å². The highest BCUT2D eigenvalue weighted by Gasteiger charge is 2.35. The third-order valence-electron chi connectivity index (χ3n) is 3.68. The predicted octanol–water partition coefficient (Wildman–Crippen LogP) is 2.61. The van der Waals surface area contributed by atoms with Crippen molar-refractivity contribution in [1.82, 2.24) is 0 Å². The minimum Gasteiger partial charge on any atom is -0.481 e. The number of aliphatic hydroxyl groups is 1. The Kier molecular flexibility index (Phi) is 3.79. The number of hydrogen-bond donors (Lipinski definition) is 2. The molecule has 0 radical (unpaired) electrons. The van der Waals surface area contributed by atoms with Crippen LogP contribution in [0.1, 0.15) is 37.4 Å². The zero-order valence-corrected chi connectivity index (χ0v) is 9.75. The summed E-state index contributed by atoms with van der Waals surface area (Å²) in [6, 6.07) is 9.36. The van der Waals surface area contributed by atoms with Gasteiger partial charge in [0.2, 0.25) is 0 Å². The topological polar surface area (TPSA) is 57.5 Å². The van der Waals surface area contributed by atoms with Crippen LogP contribution in [0.2, 0.25) is 0 Å². The van der Waals surface area contributed by atoms with Crippen molar-refractivity contribution in [1.29, 1.82) is 0 Å². The van der Waals surface area contributed by atoms with Crippen molar-refractivity contribution in [3.8, 4) is 0 Å². The van der Waals surface area contributed by atoms with Gasteiger partial charge in [-0.3, -0.25) is 4.79 Å². The van der Waals surface area contributed by atoms with Crippen LogP contribution in [0.15, 0.2) is 30.3 Å². The van der Waals surface area contributed by atoms with E-state index in [-0.39, 0.29) is 5.92 Å². The van der Waals surface area contributed by atoms with E-state index in [0.717, 1.165) is 24.8 Å². The van der Waals surface area contributed by atoms with Gasteiger partial charge in [0.15, 0.2) is 0 Å². The van der Waals surface area contributed by atoms with Gasteiger partial charge in [0.1, 0.15) is 0 Å². The minimum atomic E-state index is -0.773. The SMILES string of the molecule is O=C(O)[C@H]1CCCC[C@@H]1[C@@H](O)c1ccccc1. The molecule has 92 valence electrons. The minimum absolute atomic E-state index is 0.149. The number of carbonyl (C=O) groups is 1. The van der Waals surface area contributed by atoms with E-state index in [0.29, 0.717) is 6.42 Å². The summed E-state index contributed by atoms with van der Waals surface area (Å²) in [5.74, 6) is -1.33. The number of aliphatic carboxylic acids is 1. The molecule has 3 nitrogen and oxygen atoms in total. The van der Waals surface area contributed by atoms with E-state index in [1.807, 2.05) is 30.3 Å². The molecule has 0 heterocycles. The average Bonchev–Trinajstić information content (AvgIpc) is 2.39. The lowest BCUT2D eigenvalue weighted by Gasteiger charge is -2.32. The van der Waals surface area contributed by atoms with Crippen molar-refractivity contribution >= 4 is 5.97 Å². The quantitative estimate of drug-likeness (QED) is 0.845. The Hall–Kier alpha value is -1.35. The number of benzene rings is 1. The third-order valence-corrected chi connectivity index (χ3v) is 3.68.